The molecule has 0 bridgehead atoms. The zero-order valence-electron chi connectivity index (χ0n) is 11.0. The molecule has 1 aliphatic rings. The summed E-state index contributed by atoms with van der Waals surface area (Å²) in [5.74, 6) is 6.57. The van der Waals surface area contributed by atoms with Gasteiger partial charge in [-0.15, -0.1) is 0 Å². The van der Waals surface area contributed by atoms with Crippen LogP contribution < -0.4 is 11.3 Å². The van der Waals surface area contributed by atoms with Crippen molar-refractivity contribution in [3.8, 4) is 0 Å². The van der Waals surface area contributed by atoms with Crippen molar-refractivity contribution >= 4 is 0 Å². The van der Waals surface area contributed by atoms with Crippen LogP contribution in [0.3, 0.4) is 0 Å². The SMILES string of the molecule is CCCCCCCCCC(CC1CC1)NN. The van der Waals surface area contributed by atoms with Gasteiger partial charge in [0.05, 0.1) is 0 Å². The van der Waals surface area contributed by atoms with Crippen LogP contribution in [0.5, 0.6) is 0 Å². The maximum atomic E-state index is 5.58. The highest BCUT2D eigenvalue weighted by Crippen LogP contribution is 2.34. The van der Waals surface area contributed by atoms with Crippen molar-refractivity contribution in [2.45, 2.75) is 83.6 Å². The second-order valence-electron chi connectivity index (χ2n) is 5.45. The maximum Gasteiger partial charge on any atom is 0.0213 e. The highest BCUT2D eigenvalue weighted by molar-refractivity contribution is 4.79. The van der Waals surface area contributed by atoms with Crippen molar-refractivity contribution in [3.63, 3.8) is 0 Å². The van der Waals surface area contributed by atoms with Gasteiger partial charge in [-0.05, 0) is 18.8 Å². The molecule has 0 radical (unpaired) electrons. The lowest BCUT2D eigenvalue weighted by molar-refractivity contribution is 0.420. The number of hydrogen-bond donors (Lipinski definition) is 2. The van der Waals surface area contributed by atoms with Crippen molar-refractivity contribution in [2.24, 2.45) is 11.8 Å². The van der Waals surface area contributed by atoms with Gasteiger partial charge >= 0.3 is 0 Å². The largest absolute Gasteiger partial charge is 0.271 e. The van der Waals surface area contributed by atoms with Gasteiger partial charge in [0, 0.05) is 6.04 Å². The van der Waals surface area contributed by atoms with E-state index in [0.717, 1.165) is 5.92 Å². The highest BCUT2D eigenvalue weighted by Gasteiger charge is 2.24. The zero-order valence-corrected chi connectivity index (χ0v) is 11.0. The van der Waals surface area contributed by atoms with E-state index in [1.165, 1.54) is 70.6 Å². The van der Waals surface area contributed by atoms with Gasteiger partial charge in [0.25, 0.3) is 0 Å². The van der Waals surface area contributed by atoms with Gasteiger partial charge in [-0.25, -0.2) is 0 Å². The average Bonchev–Trinajstić information content (AvgIpc) is 3.10. The summed E-state index contributed by atoms with van der Waals surface area (Å²) < 4.78 is 0. The first kappa shape index (κ1) is 14.0. The summed E-state index contributed by atoms with van der Waals surface area (Å²) >= 11 is 0. The second kappa shape index (κ2) is 9.00. The third kappa shape index (κ3) is 7.24. The smallest absolute Gasteiger partial charge is 0.0213 e. The average molecular weight is 226 g/mol. The van der Waals surface area contributed by atoms with E-state index in [1.807, 2.05) is 0 Å². The lowest BCUT2D eigenvalue weighted by Crippen LogP contribution is -2.35. The Morgan fingerprint density at radius 1 is 1.06 bits per heavy atom. The standard InChI is InChI=1S/C14H30N2/c1-2-3-4-5-6-7-8-9-14(16-15)12-13-10-11-13/h13-14,16H,2-12,15H2,1H3. The first-order chi connectivity index (χ1) is 7.86. The van der Waals surface area contributed by atoms with Crippen LogP contribution in [0.15, 0.2) is 0 Å². The number of rotatable bonds is 11. The number of nitrogens with one attached hydrogen (secondary N) is 1. The number of unbranched alkanes of at least 4 members (excludes halogenated alkanes) is 6. The number of hydrogen-bond acceptors (Lipinski definition) is 2. The Hall–Kier alpha value is -0.0800. The molecule has 1 unspecified atom stereocenters. The molecule has 0 heterocycles. The Labute approximate surface area is 101 Å². The molecule has 0 spiro atoms. The van der Waals surface area contributed by atoms with E-state index in [4.69, 9.17) is 5.84 Å². The minimum absolute atomic E-state index is 0.586. The van der Waals surface area contributed by atoms with Crippen molar-refractivity contribution in [3.05, 3.63) is 0 Å². The van der Waals surface area contributed by atoms with Crippen LogP contribution >= 0.6 is 0 Å². The van der Waals surface area contributed by atoms with Crippen molar-refractivity contribution in [1.82, 2.24) is 5.43 Å². The van der Waals surface area contributed by atoms with Crippen molar-refractivity contribution < 1.29 is 0 Å². The van der Waals surface area contributed by atoms with E-state index in [9.17, 15) is 0 Å². The van der Waals surface area contributed by atoms with Crippen LogP contribution in [0.1, 0.15) is 77.6 Å². The molecule has 0 saturated heterocycles. The first-order valence-electron chi connectivity index (χ1n) is 7.33. The lowest BCUT2D eigenvalue weighted by Gasteiger charge is -2.14. The fourth-order valence-corrected chi connectivity index (χ4v) is 2.37. The predicted molar refractivity (Wildman–Crippen MR) is 71.1 cm³/mol. The van der Waals surface area contributed by atoms with E-state index < -0.39 is 0 Å². The molecule has 2 heteroatoms. The molecule has 0 aromatic heterocycles. The van der Waals surface area contributed by atoms with E-state index in [-0.39, 0.29) is 0 Å². The minimum atomic E-state index is 0.586. The summed E-state index contributed by atoms with van der Waals surface area (Å²) in [5.41, 5.74) is 2.98. The third-order valence-corrected chi connectivity index (χ3v) is 3.71. The Balaban J connectivity index is 1.84. The minimum Gasteiger partial charge on any atom is -0.271 e. The van der Waals surface area contributed by atoms with E-state index in [0.29, 0.717) is 6.04 Å². The van der Waals surface area contributed by atoms with Gasteiger partial charge in [0.15, 0.2) is 0 Å². The van der Waals surface area contributed by atoms with Crippen LogP contribution in [-0.4, -0.2) is 6.04 Å². The Morgan fingerprint density at radius 3 is 2.25 bits per heavy atom. The molecular formula is C14H30N2. The third-order valence-electron chi connectivity index (χ3n) is 3.71. The fraction of sp³-hybridized carbons (Fsp3) is 1.00. The summed E-state index contributed by atoms with van der Waals surface area (Å²) in [7, 11) is 0. The molecule has 0 aromatic rings. The van der Waals surface area contributed by atoms with Gasteiger partial charge in [0.1, 0.15) is 0 Å². The Bertz CT molecular complexity index is 155. The van der Waals surface area contributed by atoms with Crippen molar-refractivity contribution in [2.75, 3.05) is 0 Å². The van der Waals surface area contributed by atoms with Crippen LogP contribution in [0.2, 0.25) is 0 Å². The lowest BCUT2D eigenvalue weighted by atomic mass is 10.0. The fourth-order valence-electron chi connectivity index (χ4n) is 2.37. The number of nitrogens with two attached hydrogens (primary N) is 1. The topological polar surface area (TPSA) is 38.0 Å². The maximum absolute atomic E-state index is 5.58. The second-order valence-corrected chi connectivity index (χ2v) is 5.45. The first-order valence-corrected chi connectivity index (χ1v) is 7.33. The zero-order chi connectivity index (χ0) is 11.6. The van der Waals surface area contributed by atoms with Gasteiger partial charge in [-0.2, -0.15) is 0 Å². The summed E-state index contributed by atoms with van der Waals surface area (Å²) in [4.78, 5) is 0. The molecule has 0 aromatic carbocycles. The molecule has 0 aliphatic heterocycles. The molecule has 0 amide bonds. The molecule has 2 nitrogen and oxygen atoms in total. The molecule has 3 N–H and O–H groups in total. The summed E-state index contributed by atoms with van der Waals surface area (Å²) in [5, 5.41) is 0. The normalized spacial score (nSPS) is 17.6. The van der Waals surface area contributed by atoms with Crippen LogP contribution in [-0.2, 0) is 0 Å². The van der Waals surface area contributed by atoms with Crippen molar-refractivity contribution in [1.29, 1.82) is 0 Å². The van der Waals surface area contributed by atoms with Gasteiger partial charge in [0.2, 0.25) is 0 Å². The highest BCUT2D eigenvalue weighted by atomic mass is 15.2. The van der Waals surface area contributed by atoms with E-state index in [1.54, 1.807) is 0 Å². The molecule has 1 saturated carbocycles. The summed E-state index contributed by atoms with van der Waals surface area (Å²) in [6.45, 7) is 2.27. The Kier molecular flexibility index (Phi) is 7.87. The monoisotopic (exact) mass is 226 g/mol. The summed E-state index contributed by atoms with van der Waals surface area (Å²) in [6.07, 6.45) is 15.3. The van der Waals surface area contributed by atoms with Gasteiger partial charge in [-0.3, -0.25) is 11.3 Å². The molecule has 1 rings (SSSR count). The molecule has 96 valence electrons. The van der Waals surface area contributed by atoms with E-state index >= 15 is 0 Å². The van der Waals surface area contributed by atoms with Gasteiger partial charge < -0.3 is 0 Å². The van der Waals surface area contributed by atoms with Crippen LogP contribution in [0.25, 0.3) is 0 Å². The predicted octanol–water partition coefficient (Wildman–Crippen LogP) is 3.76. The molecule has 16 heavy (non-hydrogen) atoms. The number of hydrazine groups is 1. The summed E-state index contributed by atoms with van der Waals surface area (Å²) in [6, 6.07) is 0.586. The van der Waals surface area contributed by atoms with E-state index in [2.05, 4.69) is 12.3 Å². The molecule has 1 fully saturated rings. The van der Waals surface area contributed by atoms with Gasteiger partial charge in [-0.1, -0.05) is 64.7 Å². The van der Waals surface area contributed by atoms with Crippen LogP contribution in [0.4, 0.5) is 0 Å². The molecule has 1 aliphatic carbocycles. The van der Waals surface area contributed by atoms with Crippen LogP contribution in [0, 0.1) is 5.92 Å². The molecule has 1 atom stereocenters. The Morgan fingerprint density at radius 2 is 1.69 bits per heavy atom. The molecular weight excluding hydrogens is 196 g/mol. The quantitative estimate of drug-likeness (QED) is 0.320.